The summed E-state index contributed by atoms with van der Waals surface area (Å²) in [6.45, 7) is 5.00. The Morgan fingerprint density at radius 3 is 2.18 bits per heavy atom. The molecule has 6 nitrogen and oxygen atoms in total. The van der Waals surface area contributed by atoms with E-state index in [1.807, 2.05) is 30.3 Å². The quantitative estimate of drug-likeness (QED) is 0.600. The summed E-state index contributed by atoms with van der Waals surface area (Å²) < 4.78 is 33.3. The number of rotatable bonds is 5. The Bertz CT molecular complexity index is 1060. The zero-order valence-corrected chi connectivity index (χ0v) is 19.0. The van der Waals surface area contributed by atoms with Crippen LogP contribution in [-0.2, 0) is 14.8 Å². The smallest absolute Gasteiger partial charge is 0.542 e. The van der Waals surface area contributed by atoms with Crippen molar-refractivity contribution < 1.29 is 47.3 Å². The van der Waals surface area contributed by atoms with Gasteiger partial charge in [-0.3, -0.25) is 0 Å². The van der Waals surface area contributed by atoms with Crippen LogP contribution in [0.25, 0.3) is 27.1 Å². The molecule has 0 aliphatic carbocycles. The van der Waals surface area contributed by atoms with E-state index in [0.29, 0.717) is 11.5 Å². The minimum absolute atomic E-state index is 0. The van der Waals surface area contributed by atoms with Crippen LogP contribution < -0.4 is 29.6 Å². The van der Waals surface area contributed by atoms with Crippen LogP contribution in [0.2, 0.25) is 0 Å². The molecule has 1 heterocycles. The molecule has 0 fully saturated rings. The second kappa shape index (κ2) is 9.05. The molecule has 0 saturated carbocycles. The van der Waals surface area contributed by atoms with E-state index >= 15 is 0 Å². The number of nitrogens with zero attached hydrogens (tertiary/aromatic N) is 2. The first-order chi connectivity index (χ1) is 12.8. The number of sulfonamides is 1. The molecule has 1 amide bonds. The van der Waals surface area contributed by atoms with Crippen molar-refractivity contribution in [2.75, 3.05) is 0 Å². The van der Waals surface area contributed by atoms with Crippen LogP contribution >= 0.6 is 0 Å². The molecule has 0 bridgehead atoms. The fourth-order valence-electron chi connectivity index (χ4n) is 2.58. The van der Waals surface area contributed by atoms with E-state index in [0.717, 1.165) is 16.7 Å². The molecule has 0 saturated heterocycles. The van der Waals surface area contributed by atoms with Gasteiger partial charge in [0.25, 0.3) is 0 Å². The molecule has 1 aromatic heterocycles. The Kier molecular flexibility index (Phi) is 7.22. The summed E-state index contributed by atoms with van der Waals surface area (Å²) in [5, 5.41) is 4.14. The molecule has 0 unspecified atom stereocenters. The topological polar surface area (TPSA) is 91.3 Å². The van der Waals surface area contributed by atoms with Crippen LogP contribution in [0.3, 0.4) is 0 Å². The average Bonchev–Trinajstić information content (AvgIpc) is 3.03. The van der Waals surface area contributed by atoms with E-state index in [-0.39, 0.29) is 34.5 Å². The molecular weight excluding hydrogens is 387 g/mol. The van der Waals surface area contributed by atoms with Crippen LogP contribution in [0, 0.1) is 12.8 Å². The Hall–Kier alpha value is -1.93. The summed E-state index contributed by atoms with van der Waals surface area (Å²) >= 11 is 0. The van der Waals surface area contributed by atoms with Gasteiger partial charge in [-0.15, -0.1) is 0 Å². The third-order valence-electron chi connectivity index (χ3n) is 4.05. The monoisotopic (exact) mass is 406 g/mol. The first-order valence-electron chi connectivity index (χ1n) is 8.43. The molecule has 0 N–H and O–H groups in total. The summed E-state index contributed by atoms with van der Waals surface area (Å²) in [5.41, 5.74) is 3.14. The molecule has 0 spiro atoms. The van der Waals surface area contributed by atoms with Crippen molar-refractivity contribution in [1.29, 1.82) is 0 Å². The molecule has 2 aromatic carbocycles. The van der Waals surface area contributed by atoms with E-state index in [4.69, 9.17) is 4.52 Å². The zero-order chi connectivity index (χ0) is 19.6. The van der Waals surface area contributed by atoms with Crippen molar-refractivity contribution in [3.63, 3.8) is 0 Å². The van der Waals surface area contributed by atoms with Crippen LogP contribution in [-0.4, -0.2) is 19.5 Å². The zero-order valence-electron chi connectivity index (χ0n) is 16.2. The number of hydrogen-bond acceptors (Lipinski definition) is 5. The van der Waals surface area contributed by atoms with Gasteiger partial charge in [-0.25, -0.2) is 8.42 Å². The van der Waals surface area contributed by atoms with Gasteiger partial charge in [0, 0.05) is 5.56 Å². The first-order valence-corrected chi connectivity index (χ1v) is 9.87. The molecule has 0 aliphatic rings. The molecule has 3 rings (SSSR count). The number of carbonyl (C=O) groups excluding carboxylic acids is 1. The summed E-state index contributed by atoms with van der Waals surface area (Å²) in [4.78, 5) is 11.6. The number of carbonyl (C=O) groups is 1. The summed E-state index contributed by atoms with van der Waals surface area (Å²) in [7, 11) is -4.03. The number of amides is 1. The molecular formula is C20H19N2NaO4S. The Morgan fingerprint density at radius 1 is 1.00 bits per heavy atom. The van der Waals surface area contributed by atoms with Gasteiger partial charge >= 0.3 is 29.6 Å². The molecule has 28 heavy (non-hydrogen) atoms. The van der Waals surface area contributed by atoms with E-state index < -0.39 is 21.8 Å². The first kappa shape index (κ1) is 22.4. The molecule has 3 aromatic rings. The van der Waals surface area contributed by atoms with E-state index in [1.165, 1.54) is 12.1 Å². The van der Waals surface area contributed by atoms with E-state index in [1.54, 1.807) is 32.9 Å². The second-order valence-electron chi connectivity index (χ2n) is 6.41. The maximum Gasteiger partial charge on any atom is 1.00 e. The van der Waals surface area contributed by atoms with Crippen molar-refractivity contribution in [1.82, 2.24) is 5.16 Å². The van der Waals surface area contributed by atoms with Crippen molar-refractivity contribution >= 4 is 15.9 Å². The van der Waals surface area contributed by atoms with Gasteiger partial charge in [0.15, 0.2) is 0 Å². The van der Waals surface area contributed by atoms with Crippen LogP contribution in [0.5, 0.6) is 0 Å². The number of aryl methyl sites for hydroxylation is 1. The minimum Gasteiger partial charge on any atom is -0.542 e. The molecule has 0 atom stereocenters. The maximum atomic E-state index is 12.3. The SMILES string of the molecule is Cc1onc(-c2ccccc2)c1-c1ccc(S(=O)(=O)[N-]C(=O)C(C)C)cc1.[Na+]. The second-order valence-corrected chi connectivity index (χ2v) is 8.02. The van der Waals surface area contributed by atoms with Gasteiger partial charge in [0.1, 0.15) is 21.5 Å². The Balaban J connectivity index is 0.00000280. The maximum absolute atomic E-state index is 12.3. The molecule has 8 heteroatoms. The van der Waals surface area contributed by atoms with Gasteiger partial charge in [-0.2, -0.15) is 0 Å². The van der Waals surface area contributed by atoms with Crippen LogP contribution in [0.15, 0.2) is 64.0 Å². The predicted molar refractivity (Wildman–Crippen MR) is 103 cm³/mol. The van der Waals surface area contributed by atoms with Gasteiger partial charge < -0.3 is 14.0 Å². The summed E-state index contributed by atoms with van der Waals surface area (Å²) in [6.07, 6.45) is 0. The fourth-order valence-corrected chi connectivity index (χ4v) is 3.61. The predicted octanol–water partition coefficient (Wildman–Crippen LogP) is 1.57. The Morgan fingerprint density at radius 2 is 1.61 bits per heavy atom. The number of aromatic nitrogens is 1. The van der Waals surface area contributed by atoms with Crippen molar-refractivity contribution in [3.05, 3.63) is 65.1 Å². The van der Waals surface area contributed by atoms with Crippen molar-refractivity contribution in [3.8, 4) is 22.4 Å². The fraction of sp³-hybridized carbons (Fsp3) is 0.200. The van der Waals surface area contributed by atoms with Crippen molar-refractivity contribution in [2.24, 2.45) is 5.92 Å². The van der Waals surface area contributed by atoms with E-state index in [2.05, 4.69) is 9.88 Å². The van der Waals surface area contributed by atoms with Gasteiger partial charge in [-0.1, -0.05) is 61.5 Å². The molecule has 140 valence electrons. The normalized spacial score (nSPS) is 11.1. The number of hydrogen-bond donors (Lipinski definition) is 0. The number of benzene rings is 2. The third-order valence-corrected chi connectivity index (χ3v) is 5.34. The summed E-state index contributed by atoms with van der Waals surface area (Å²) in [6, 6.07) is 15.8. The standard InChI is InChI=1S/C20H20N2O4S.Na/c1-13(2)20(23)22-27(24,25)17-11-9-15(10-12-17)18-14(3)26-21-19(18)16-7-5-4-6-8-16;/h4-13H,1-3H3,(H,22,23);/q;+1/p-1. The van der Waals surface area contributed by atoms with E-state index in [9.17, 15) is 13.2 Å². The van der Waals surface area contributed by atoms with Crippen molar-refractivity contribution in [2.45, 2.75) is 25.7 Å². The van der Waals surface area contributed by atoms with Gasteiger partial charge in [0.2, 0.25) is 0 Å². The van der Waals surface area contributed by atoms with Crippen LogP contribution in [0.4, 0.5) is 0 Å². The van der Waals surface area contributed by atoms with Gasteiger partial charge in [0.05, 0.1) is 16.4 Å². The minimum atomic E-state index is -4.03. The molecule has 0 radical (unpaired) electrons. The Labute approximate surface area is 186 Å². The van der Waals surface area contributed by atoms with Gasteiger partial charge in [-0.05, 0) is 30.5 Å². The third kappa shape index (κ3) is 4.72. The molecule has 0 aliphatic heterocycles. The van der Waals surface area contributed by atoms with Crippen LogP contribution in [0.1, 0.15) is 19.6 Å². The summed E-state index contributed by atoms with van der Waals surface area (Å²) in [5.74, 6) is -0.517. The largest absolute Gasteiger partial charge is 1.00 e. The average molecular weight is 406 g/mol.